The molecule has 0 aromatic heterocycles. The highest BCUT2D eigenvalue weighted by Gasteiger charge is 2.36. The van der Waals surface area contributed by atoms with E-state index in [9.17, 15) is 4.79 Å². The Kier molecular flexibility index (Phi) is 3.92. The van der Waals surface area contributed by atoms with Crippen LogP contribution in [-0.4, -0.2) is 23.4 Å². The summed E-state index contributed by atoms with van der Waals surface area (Å²) >= 11 is 0. The second-order valence-electron chi connectivity index (χ2n) is 5.94. The zero-order chi connectivity index (χ0) is 13.9. The topological polar surface area (TPSA) is 58.4 Å². The highest BCUT2D eigenvalue weighted by atomic mass is 16.2. The number of nitrogens with one attached hydrogen (secondary N) is 1. The van der Waals surface area contributed by atoms with E-state index in [0.717, 1.165) is 25.1 Å². The number of hydrogen-bond donors (Lipinski definition) is 2. The van der Waals surface area contributed by atoms with Gasteiger partial charge in [-0.2, -0.15) is 0 Å². The van der Waals surface area contributed by atoms with Gasteiger partial charge in [-0.3, -0.25) is 10.6 Å². The quantitative estimate of drug-likeness (QED) is 0.643. The largest absolute Gasteiger partial charge is 0.335 e. The minimum Gasteiger partial charge on any atom is -0.335 e. The molecule has 20 heavy (non-hydrogen) atoms. The molecule has 1 saturated heterocycles. The summed E-state index contributed by atoms with van der Waals surface area (Å²) in [5, 5.41) is 0. The fourth-order valence-corrected chi connectivity index (χ4v) is 3.83. The molecule has 0 bridgehead atoms. The molecule has 1 aliphatic carbocycles. The summed E-state index contributed by atoms with van der Waals surface area (Å²) in [5.74, 6) is 6.37. The predicted molar refractivity (Wildman–Crippen MR) is 80.3 cm³/mol. The summed E-state index contributed by atoms with van der Waals surface area (Å²) in [6.45, 7) is 0.888. The van der Waals surface area contributed by atoms with Gasteiger partial charge in [-0.25, -0.2) is 0 Å². The number of rotatable bonds is 2. The van der Waals surface area contributed by atoms with E-state index in [4.69, 9.17) is 5.84 Å². The van der Waals surface area contributed by atoms with Gasteiger partial charge in [0.1, 0.15) is 0 Å². The molecule has 4 heteroatoms. The Morgan fingerprint density at radius 2 is 1.90 bits per heavy atom. The third-order valence-electron chi connectivity index (χ3n) is 4.82. The van der Waals surface area contributed by atoms with Crippen LogP contribution in [0.4, 0.5) is 5.69 Å². The van der Waals surface area contributed by atoms with Crippen LogP contribution >= 0.6 is 0 Å². The van der Waals surface area contributed by atoms with Crippen molar-refractivity contribution in [2.75, 3.05) is 12.0 Å². The van der Waals surface area contributed by atoms with Gasteiger partial charge in [0.2, 0.25) is 0 Å². The van der Waals surface area contributed by atoms with Crippen LogP contribution in [-0.2, 0) is 0 Å². The summed E-state index contributed by atoms with van der Waals surface area (Å²) in [5.41, 5.74) is 4.05. The Hall–Kier alpha value is -1.55. The number of nitrogens with two attached hydrogens (primary N) is 1. The molecule has 3 rings (SSSR count). The molecule has 0 unspecified atom stereocenters. The van der Waals surface area contributed by atoms with Crippen LogP contribution in [0.5, 0.6) is 0 Å². The molecule has 1 aliphatic heterocycles. The lowest BCUT2D eigenvalue weighted by Crippen LogP contribution is -2.49. The molecule has 1 amide bonds. The van der Waals surface area contributed by atoms with Gasteiger partial charge in [0.05, 0.1) is 11.3 Å². The van der Waals surface area contributed by atoms with E-state index in [1.165, 1.54) is 25.7 Å². The number of nitrogens with zero attached hydrogens (tertiary/aromatic N) is 1. The number of benzene rings is 1. The normalized spacial score (nSPS) is 25.9. The standard InChI is InChI=1S/C16H23N3O/c17-18-14-9-3-2-8-13(14)16(20)19-11-5-7-12-6-1-4-10-15(12)19/h2-3,8-9,12,15,18H,1,4-7,10-11,17H2/t12-,15-/m1/s1. The fourth-order valence-electron chi connectivity index (χ4n) is 3.83. The van der Waals surface area contributed by atoms with Gasteiger partial charge in [-0.05, 0) is 43.7 Å². The van der Waals surface area contributed by atoms with Crippen LogP contribution < -0.4 is 11.3 Å². The molecule has 0 spiro atoms. The highest BCUT2D eigenvalue weighted by molar-refractivity contribution is 5.99. The number of fused-ring (bicyclic) bond motifs is 1. The number of hydrogen-bond acceptors (Lipinski definition) is 3. The predicted octanol–water partition coefficient (Wildman–Crippen LogP) is 2.77. The Bertz CT molecular complexity index is 486. The summed E-state index contributed by atoms with van der Waals surface area (Å²) in [4.78, 5) is 15.0. The van der Waals surface area contributed by atoms with Crippen molar-refractivity contribution >= 4 is 11.6 Å². The molecular weight excluding hydrogens is 250 g/mol. The van der Waals surface area contributed by atoms with E-state index in [0.29, 0.717) is 17.5 Å². The first kappa shape index (κ1) is 13.4. The zero-order valence-corrected chi connectivity index (χ0v) is 11.8. The number of carbonyl (C=O) groups is 1. The minimum absolute atomic E-state index is 0.134. The van der Waals surface area contributed by atoms with Crippen molar-refractivity contribution in [3.63, 3.8) is 0 Å². The summed E-state index contributed by atoms with van der Waals surface area (Å²) < 4.78 is 0. The maximum Gasteiger partial charge on any atom is 0.256 e. The van der Waals surface area contributed by atoms with Crippen molar-refractivity contribution in [3.8, 4) is 0 Å². The number of piperidine rings is 1. The number of anilines is 1. The Labute approximate surface area is 120 Å². The van der Waals surface area contributed by atoms with Gasteiger partial charge in [-0.1, -0.05) is 25.0 Å². The van der Waals surface area contributed by atoms with E-state index in [1.54, 1.807) is 0 Å². The summed E-state index contributed by atoms with van der Waals surface area (Å²) in [7, 11) is 0. The molecule has 1 aromatic carbocycles. The van der Waals surface area contributed by atoms with Crippen molar-refractivity contribution < 1.29 is 4.79 Å². The molecule has 108 valence electrons. The van der Waals surface area contributed by atoms with E-state index in [2.05, 4.69) is 10.3 Å². The van der Waals surface area contributed by atoms with Gasteiger partial charge < -0.3 is 10.3 Å². The van der Waals surface area contributed by atoms with Crippen LogP contribution in [0, 0.1) is 5.92 Å². The Morgan fingerprint density at radius 3 is 2.75 bits per heavy atom. The Balaban J connectivity index is 1.85. The van der Waals surface area contributed by atoms with Crippen LogP contribution in [0.25, 0.3) is 0 Å². The first-order valence-corrected chi connectivity index (χ1v) is 7.68. The molecule has 4 nitrogen and oxygen atoms in total. The van der Waals surface area contributed by atoms with Crippen molar-refractivity contribution in [2.45, 2.75) is 44.6 Å². The zero-order valence-electron chi connectivity index (χ0n) is 11.8. The second-order valence-corrected chi connectivity index (χ2v) is 5.94. The number of likely N-dealkylation sites (tertiary alicyclic amines) is 1. The van der Waals surface area contributed by atoms with Crippen molar-refractivity contribution in [2.24, 2.45) is 11.8 Å². The van der Waals surface area contributed by atoms with Gasteiger partial charge in [0.25, 0.3) is 5.91 Å². The number of hydrazine groups is 1. The molecular formula is C16H23N3O. The van der Waals surface area contributed by atoms with Crippen molar-refractivity contribution in [3.05, 3.63) is 29.8 Å². The number of nitrogen functional groups attached to an aromatic ring is 1. The van der Waals surface area contributed by atoms with E-state index in [1.807, 2.05) is 24.3 Å². The first-order chi connectivity index (χ1) is 9.81. The monoisotopic (exact) mass is 273 g/mol. The smallest absolute Gasteiger partial charge is 0.256 e. The van der Waals surface area contributed by atoms with Gasteiger partial charge >= 0.3 is 0 Å². The van der Waals surface area contributed by atoms with Gasteiger partial charge in [0.15, 0.2) is 0 Å². The van der Waals surface area contributed by atoms with Crippen molar-refractivity contribution in [1.29, 1.82) is 0 Å². The number of carbonyl (C=O) groups excluding carboxylic acids is 1. The van der Waals surface area contributed by atoms with Gasteiger partial charge in [-0.15, -0.1) is 0 Å². The Morgan fingerprint density at radius 1 is 1.15 bits per heavy atom. The lowest BCUT2D eigenvalue weighted by Gasteiger charge is -2.44. The maximum atomic E-state index is 12.9. The molecule has 3 N–H and O–H groups in total. The van der Waals surface area contributed by atoms with Crippen LogP contribution in [0.2, 0.25) is 0 Å². The molecule has 1 aromatic rings. The molecule has 2 aliphatic rings. The van der Waals surface area contributed by atoms with E-state index < -0.39 is 0 Å². The van der Waals surface area contributed by atoms with Crippen LogP contribution in [0.15, 0.2) is 24.3 Å². The lowest BCUT2D eigenvalue weighted by atomic mass is 9.78. The van der Waals surface area contributed by atoms with Crippen LogP contribution in [0.1, 0.15) is 48.9 Å². The average Bonchev–Trinajstić information content (AvgIpc) is 2.53. The SMILES string of the molecule is NNc1ccccc1C(=O)N1CCC[C@H]2CCCC[C@H]21. The fraction of sp³-hybridized carbons (Fsp3) is 0.562. The summed E-state index contributed by atoms with van der Waals surface area (Å²) in [6.07, 6.45) is 7.43. The third-order valence-corrected chi connectivity index (χ3v) is 4.82. The van der Waals surface area contributed by atoms with Gasteiger partial charge in [0, 0.05) is 12.6 Å². The lowest BCUT2D eigenvalue weighted by molar-refractivity contribution is 0.0391. The summed E-state index contributed by atoms with van der Waals surface area (Å²) in [6, 6.07) is 7.96. The molecule has 1 saturated carbocycles. The second kappa shape index (κ2) is 5.83. The van der Waals surface area contributed by atoms with Crippen molar-refractivity contribution in [1.82, 2.24) is 4.90 Å². The molecule has 2 fully saturated rings. The average molecular weight is 273 g/mol. The molecule has 1 heterocycles. The van der Waals surface area contributed by atoms with Crippen LogP contribution in [0.3, 0.4) is 0 Å². The number of amides is 1. The first-order valence-electron chi connectivity index (χ1n) is 7.68. The van der Waals surface area contributed by atoms with E-state index in [-0.39, 0.29) is 5.91 Å². The highest BCUT2D eigenvalue weighted by Crippen LogP contribution is 2.36. The van der Waals surface area contributed by atoms with E-state index >= 15 is 0 Å². The maximum absolute atomic E-state index is 12.9. The number of para-hydroxylation sites is 1. The minimum atomic E-state index is 0.134. The molecule has 0 radical (unpaired) electrons. The third kappa shape index (κ3) is 2.40. The molecule has 2 atom stereocenters.